The molecule has 3 nitrogen and oxygen atoms in total. The zero-order valence-corrected chi connectivity index (χ0v) is 6.92. The second kappa shape index (κ2) is 3.52. The molecule has 1 rings (SSSR count). The molecule has 1 aliphatic rings. The average molecular weight is 158 g/mol. The first-order valence-electron chi connectivity index (χ1n) is 4.33. The van der Waals surface area contributed by atoms with E-state index in [4.69, 9.17) is 11.5 Å². The minimum Gasteiger partial charge on any atom is -0.389 e. The lowest BCUT2D eigenvalue weighted by atomic mass is 9.78. The van der Waals surface area contributed by atoms with Crippen LogP contribution in [0.1, 0.15) is 25.7 Å². The van der Waals surface area contributed by atoms with Crippen molar-refractivity contribution in [2.75, 3.05) is 13.1 Å². The maximum absolute atomic E-state index is 9.80. The van der Waals surface area contributed by atoms with E-state index in [2.05, 4.69) is 0 Å². The SMILES string of the molecule is NCC1CCCC(O)(CN)C1. The maximum atomic E-state index is 9.80. The summed E-state index contributed by atoms with van der Waals surface area (Å²) < 4.78 is 0. The van der Waals surface area contributed by atoms with E-state index in [9.17, 15) is 5.11 Å². The van der Waals surface area contributed by atoms with Crippen molar-refractivity contribution in [3.05, 3.63) is 0 Å². The third kappa shape index (κ3) is 2.15. The molecule has 2 atom stereocenters. The van der Waals surface area contributed by atoms with Crippen LogP contribution in [0, 0.1) is 5.92 Å². The zero-order chi connectivity index (χ0) is 8.32. The van der Waals surface area contributed by atoms with Gasteiger partial charge in [-0.2, -0.15) is 0 Å². The lowest BCUT2D eigenvalue weighted by Crippen LogP contribution is -2.43. The molecule has 66 valence electrons. The molecule has 1 saturated carbocycles. The van der Waals surface area contributed by atoms with Crippen LogP contribution >= 0.6 is 0 Å². The first-order valence-corrected chi connectivity index (χ1v) is 4.33. The third-order valence-electron chi connectivity index (χ3n) is 2.64. The van der Waals surface area contributed by atoms with E-state index in [1.165, 1.54) is 0 Å². The van der Waals surface area contributed by atoms with Crippen LogP contribution in [-0.4, -0.2) is 23.8 Å². The van der Waals surface area contributed by atoms with Crippen molar-refractivity contribution in [1.29, 1.82) is 0 Å². The van der Waals surface area contributed by atoms with Gasteiger partial charge in [-0.25, -0.2) is 0 Å². The van der Waals surface area contributed by atoms with Crippen molar-refractivity contribution >= 4 is 0 Å². The Hall–Kier alpha value is -0.120. The Balaban J connectivity index is 2.44. The van der Waals surface area contributed by atoms with Crippen molar-refractivity contribution < 1.29 is 5.11 Å². The first-order chi connectivity index (χ1) is 5.20. The van der Waals surface area contributed by atoms with Gasteiger partial charge in [0.15, 0.2) is 0 Å². The van der Waals surface area contributed by atoms with Crippen LogP contribution in [0.15, 0.2) is 0 Å². The number of aliphatic hydroxyl groups is 1. The standard InChI is InChI=1S/C8H18N2O/c9-5-7-2-1-3-8(11,4-7)6-10/h7,11H,1-6,9-10H2. The van der Waals surface area contributed by atoms with Gasteiger partial charge in [-0.15, -0.1) is 0 Å². The molecule has 0 aromatic rings. The van der Waals surface area contributed by atoms with Gasteiger partial charge in [0.25, 0.3) is 0 Å². The van der Waals surface area contributed by atoms with Crippen molar-refractivity contribution in [3.8, 4) is 0 Å². The van der Waals surface area contributed by atoms with E-state index in [1.807, 2.05) is 0 Å². The lowest BCUT2D eigenvalue weighted by Gasteiger charge is -2.35. The van der Waals surface area contributed by atoms with Crippen LogP contribution in [0.3, 0.4) is 0 Å². The highest BCUT2D eigenvalue weighted by Gasteiger charge is 2.32. The summed E-state index contributed by atoms with van der Waals surface area (Å²) in [6, 6.07) is 0. The van der Waals surface area contributed by atoms with E-state index >= 15 is 0 Å². The van der Waals surface area contributed by atoms with Crippen LogP contribution in [0.25, 0.3) is 0 Å². The molecule has 0 aromatic heterocycles. The lowest BCUT2D eigenvalue weighted by molar-refractivity contribution is -0.00615. The fraction of sp³-hybridized carbons (Fsp3) is 1.00. The number of rotatable bonds is 2. The molecule has 1 fully saturated rings. The molecule has 3 heteroatoms. The van der Waals surface area contributed by atoms with Gasteiger partial charge in [-0.05, 0) is 31.7 Å². The molecule has 0 amide bonds. The van der Waals surface area contributed by atoms with Crippen LogP contribution in [0.2, 0.25) is 0 Å². The molecular formula is C8H18N2O. The van der Waals surface area contributed by atoms with Gasteiger partial charge < -0.3 is 16.6 Å². The van der Waals surface area contributed by atoms with Crippen LogP contribution in [0.5, 0.6) is 0 Å². The summed E-state index contributed by atoms with van der Waals surface area (Å²) in [5.74, 6) is 0.484. The summed E-state index contributed by atoms with van der Waals surface area (Å²) in [7, 11) is 0. The van der Waals surface area contributed by atoms with E-state index in [-0.39, 0.29) is 0 Å². The highest BCUT2D eigenvalue weighted by molar-refractivity contribution is 4.87. The zero-order valence-electron chi connectivity index (χ0n) is 6.92. The fourth-order valence-electron chi connectivity index (χ4n) is 1.85. The normalized spacial score (nSPS) is 39.0. The van der Waals surface area contributed by atoms with E-state index in [1.54, 1.807) is 0 Å². The van der Waals surface area contributed by atoms with E-state index < -0.39 is 5.60 Å². The number of hydrogen-bond donors (Lipinski definition) is 3. The Bertz CT molecular complexity index is 129. The topological polar surface area (TPSA) is 72.3 Å². The largest absolute Gasteiger partial charge is 0.389 e. The summed E-state index contributed by atoms with van der Waals surface area (Å²) in [5.41, 5.74) is 10.4. The molecule has 5 N–H and O–H groups in total. The molecule has 0 aliphatic heterocycles. The predicted molar refractivity (Wildman–Crippen MR) is 45.0 cm³/mol. The molecule has 2 unspecified atom stereocenters. The van der Waals surface area contributed by atoms with Gasteiger partial charge in [0.2, 0.25) is 0 Å². The molecule has 0 radical (unpaired) electrons. The second-order valence-corrected chi connectivity index (χ2v) is 3.63. The molecule has 1 aliphatic carbocycles. The highest BCUT2D eigenvalue weighted by Crippen LogP contribution is 2.30. The van der Waals surface area contributed by atoms with Gasteiger partial charge in [0.05, 0.1) is 5.60 Å². The number of hydrogen-bond acceptors (Lipinski definition) is 3. The molecule has 11 heavy (non-hydrogen) atoms. The van der Waals surface area contributed by atoms with Crippen LogP contribution < -0.4 is 11.5 Å². The average Bonchev–Trinajstić information content (AvgIpc) is 2.05. The third-order valence-corrected chi connectivity index (χ3v) is 2.64. The summed E-state index contributed by atoms with van der Waals surface area (Å²) >= 11 is 0. The van der Waals surface area contributed by atoms with Crippen molar-refractivity contribution in [1.82, 2.24) is 0 Å². The summed E-state index contributed by atoms with van der Waals surface area (Å²) in [5, 5.41) is 9.80. The molecule has 0 heterocycles. The smallest absolute Gasteiger partial charge is 0.0772 e. The summed E-state index contributed by atoms with van der Waals surface area (Å²) in [4.78, 5) is 0. The molecule has 0 spiro atoms. The summed E-state index contributed by atoms with van der Waals surface area (Å²) in [6.45, 7) is 1.06. The van der Waals surface area contributed by atoms with E-state index in [0.717, 1.165) is 25.7 Å². The Labute approximate surface area is 67.8 Å². The Morgan fingerprint density at radius 2 is 2.18 bits per heavy atom. The quantitative estimate of drug-likeness (QED) is 0.522. The predicted octanol–water partition coefficient (Wildman–Crippen LogP) is -0.175. The minimum atomic E-state index is -0.609. The van der Waals surface area contributed by atoms with Crippen LogP contribution in [-0.2, 0) is 0 Å². The van der Waals surface area contributed by atoms with E-state index in [0.29, 0.717) is 19.0 Å². The van der Waals surface area contributed by atoms with Crippen molar-refractivity contribution in [2.45, 2.75) is 31.3 Å². The van der Waals surface area contributed by atoms with Gasteiger partial charge in [-0.1, -0.05) is 6.42 Å². The number of nitrogens with two attached hydrogens (primary N) is 2. The van der Waals surface area contributed by atoms with Gasteiger partial charge in [0, 0.05) is 6.54 Å². The fourth-order valence-corrected chi connectivity index (χ4v) is 1.85. The molecule has 0 aromatic carbocycles. The molecular weight excluding hydrogens is 140 g/mol. The first kappa shape index (κ1) is 8.97. The van der Waals surface area contributed by atoms with Crippen molar-refractivity contribution in [3.63, 3.8) is 0 Å². The molecule has 0 saturated heterocycles. The van der Waals surface area contributed by atoms with Crippen molar-refractivity contribution in [2.24, 2.45) is 17.4 Å². The second-order valence-electron chi connectivity index (χ2n) is 3.63. The van der Waals surface area contributed by atoms with Gasteiger partial charge in [0.1, 0.15) is 0 Å². The summed E-state index contributed by atoms with van der Waals surface area (Å²) in [6.07, 6.45) is 3.86. The van der Waals surface area contributed by atoms with Crippen LogP contribution in [0.4, 0.5) is 0 Å². The minimum absolute atomic E-state index is 0.378. The highest BCUT2D eigenvalue weighted by atomic mass is 16.3. The molecule has 0 bridgehead atoms. The Morgan fingerprint density at radius 3 is 2.73 bits per heavy atom. The van der Waals surface area contributed by atoms with Gasteiger partial charge >= 0.3 is 0 Å². The monoisotopic (exact) mass is 158 g/mol. The Kier molecular flexibility index (Phi) is 2.87. The Morgan fingerprint density at radius 1 is 1.45 bits per heavy atom. The maximum Gasteiger partial charge on any atom is 0.0772 e. The van der Waals surface area contributed by atoms with Gasteiger partial charge in [-0.3, -0.25) is 0 Å².